The highest BCUT2D eigenvalue weighted by Crippen LogP contribution is 2.24. The molecule has 0 spiro atoms. The van der Waals surface area contributed by atoms with Gasteiger partial charge in [-0.05, 0) is 30.8 Å². The number of anilines is 1. The summed E-state index contributed by atoms with van der Waals surface area (Å²) in [6.45, 7) is 5.19. The van der Waals surface area contributed by atoms with E-state index in [9.17, 15) is 14.9 Å². The minimum Gasteiger partial charge on any atom is -0.321 e. The molecule has 25 heavy (non-hydrogen) atoms. The van der Waals surface area contributed by atoms with Crippen molar-refractivity contribution in [1.29, 1.82) is 0 Å². The highest BCUT2D eigenvalue weighted by Gasteiger charge is 2.16. The Morgan fingerprint density at radius 2 is 1.84 bits per heavy atom. The zero-order valence-corrected chi connectivity index (χ0v) is 14.8. The van der Waals surface area contributed by atoms with Crippen molar-refractivity contribution in [3.05, 3.63) is 57.0 Å². The number of nitrogens with zero attached hydrogens (tertiary/aromatic N) is 3. The normalized spacial score (nSPS) is 15.9. The third-order valence-corrected chi connectivity index (χ3v) is 5.25. The average Bonchev–Trinajstić information content (AvgIpc) is 3.09. The Kier molecular flexibility index (Phi) is 5.42. The Labute approximate surface area is 150 Å². The van der Waals surface area contributed by atoms with E-state index in [1.165, 1.54) is 17.7 Å². The van der Waals surface area contributed by atoms with Crippen LogP contribution in [0.15, 0.2) is 36.4 Å². The second-order valence-corrected chi connectivity index (χ2v) is 7.19. The van der Waals surface area contributed by atoms with Crippen molar-refractivity contribution in [2.75, 3.05) is 38.5 Å². The second kappa shape index (κ2) is 7.73. The van der Waals surface area contributed by atoms with Crippen molar-refractivity contribution in [2.24, 2.45) is 0 Å². The number of thiophene rings is 1. The molecule has 8 heteroatoms. The van der Waals surface area contributed by atoms with Gasteiger partial charge < -0.3 is 10.2 Å². The Balaban J connectivity index is 1.56. The van der Waals surface area contributed by atoms with Crippen LogP contribution in [0, 0.1) is 10.1 Å². The molecule has 3 rings (SSSR count). The molecule has 1 aliphatic rings. The number of rotatable bonds is 5. The van der Waals surface area contributed by atoms with Gasteiger partial charge in [0.15, 0.2) is 0 Å². The first-order valence-electron chi connectivity index (χ1n) is 8.07. The summed E-state index contributed by atoms with van der Waals surface area (Å²) in [6.07, 6.45) is 0. The maximum absolute atomic E-state index is 12.1. The Morgan fingerprint density at radius 3 is 2.44 bits per heavy atom. The number of amides is 1. The summed E-state index contributed by atoms with van der Waals surface area (Å²) in [4.78, 5) is 27.4. The highest BCUT2D eigenvalue weighted by atomic mass is 32.1. The van der Waals surface area contributed by atoms with Crippen LogP contribution >= 0.6 is 11.3 Å². The van der Waals surface area contributed by atoms with E-state index in [1.807, 2.05) is 24.3 Å². The van der Waals surface area contributed by atoms with Gasteiger partial charge in [-0.2, -0.15) is 0 Å². The van der Waals surface area contributed by atoms with Crippen LogP contribution in [0.4, 0.5) is 10.7 Å². The molecule has 1 fully saturated rings. The van der Waals surface area contributed by atoms with Crippen molar-refractivity contribution < 1.29 is 9.72 Å². The van der Waals surface area contributed by atoms with Crippen molar-refractivity contribution in [1.82, 2.24) is 9.80 Å². The molecule has 0 radical (unpaired) electrons. The zero-order chi connectivity index (χ0) is 17.8. The first-order valence-corrected chi connectivity index (χ1v) is 8.88. The smallest absolute Gasteiger partial charge is 0.321 e. The first kappa shape index (κ1) is 17.5. The first-order chi connectivity index (χ1) is 12.0. The Bertz CT molecular complexity index is 752. The molecule has 132 valence electrons. The van der Waals surface area contributed by atoms with E-state index >= 15 is 0 Å². The fourth-order valence-corrected chi connectivity index (χ4v) is 3.41. The molecule has 1 N–H and O–H groups in total. The van der Waals surface area contributed by atoms with Crippen LogP contribution in [-0.2, 0) is 6.54 Å². The van der Waals surface area contributed by atoms with Gasteiger partial charge in [-0.15, -0.1) is 0 Å². The van der Waals surface area contributed by atoms with E-state index < -0.39 is 4.92 Å². The van der Waals surface area contributed by atoms with Crippen LogP contribution in [0.2, 0.25) is 0 Å². The lowest BCUT2D eigenvalue weighted by Crippen LogP contribution is -2.43. The van der Waals surface area contributed by atoms with Crippen LogP contribution < -0.4 is 5.32 Å². The number of hydrogen-bond acceptors (Lipinski definition) is 6. The average molecular weight is 360 g/mol. The van der Waals surface area contributed by atoms with Gasteiger partial charge in [0.05, 0.1) is 9.80 Å². The van der Waals surface area contributed by atoms with Gasteiger partial charge in [-0.3, -0.25) is 19.8 Å². The summed E-state index contributed by atoms with van der Waals surface area (Å²) in [6, 6.07) is 10.6. The maximum atomic E-state index is 12.1. The predicted octanol–water partition coefficient (Wildman–Crippen LogP) is 2.66. The molecule has 1 amide bonds. The van der Waals surface area contributed by atoms with Crippen LogP contribution in [0.5, 0.6) is 0 Å². The van der Waals surface area contributed by atoms with Crippen LogP contribution in [0.3, 0.4) is 0 Å². The Hall–Kier alpha value is -2.29. The third-order valence-electron chi connectivity index (χ3n) is 4.21. The van der Waals surface area contributed by atoms with Crippen molar-refractivity contribution in [3.8, 4) is 0 Å². The molecule has 0 aliphatic carbocycles. The number of likely N-dealkylation sites (N-methyl/N-ethyl adjacent to an activating group) is 1. The summed E-state index contributed by atoms with van der Waals surface area (Å²) in [7, 11) is 2.14. The van der Waals surface area contributed by atoms with Gasteiger partial charge in [0.2, 0.25) is 0 Å². The molecule has 0 unspecified atom stereocenters. The largest absolute Gasteiger partial charge is 0.324 e. The Morgan fingerprint density at radius 1 is 1.16 bits per heavy atom. The number of carbonyl (C=O) groups is 1. The van der Waals surface area contributed by atoms with Crippen LogP contribution in [0.1, 0.15) is 15.2 Å². The van der Waals surface area contributed by atoms with E-state index in [4.69, 9.17) is 0 Å². The number of nitro groups is 1. The molecule has 1 aliphatic heterocycles. The van der Waals surface area contributed by atoms with E-state index in [1.54, 1.807) is 0 Å². The lowest BCUT2D eigenvalue weighted by atomic mass is 10.2. The summed E-state index contributed by atoms with van der Waals surface area (Å²) in [5, 5.41) is 13.4. The molecule has 2 heterocycles. The van der Waals surface area contributed by atoms with E-state index in [0.717, 1.165) is 44.1 Å². The quantitative estimate of drug-likeness (QED) is 0.655. The fraction of sp³-hybridized carbons (Fsp3) is 0.353. The molecule has 0 atom stereocenters. The summed E-state index contributed by atoms with van der Waals surface area (Å²) in [5.74, 6) is -0.329. The standard InChI is InChI=1S/C17H20N4O3S/c1-19-8-10-20(11-9-19)12-13-2-4-14(5-3-13)18-17(22)15-6-7-16(25-15)21(23)24/h2-7H,8-12H2,1H3,(H,18,22). The molecular weight excluding hydrogens is 340 g/mol. The van der Waals surface area contributed by atoms with Crippen molar-refractivity contribution in [3.63, 3.8) is 0 Å². The van der Waals surface area contributed by atoms with E-state index in [2.05, 4.69) is 22.2 Å². The maximum Gasteiger partial charge on any atom is 0.324 e. The second-order valence-electron chi connectivity index (χ2n) is 6.13. The molecule has 0 bridgehead atoms. The lowest BCUT2D eigenvalue weighted by Gasteiger charge is -2.32. The summed E-state index contributed by atoms with van der Waals surface area (Å²) >= 11 is 0.873. The fourth-order valence-electron chi connectivity index (χ4n) is 2.70. The SMILES string of the molecule is CN1CCN(Cc2ccc(NC(=O)c3ccc([N+](=O)[O-])s3)cc2)CC1. The van der Waals surface area contributed by atoms with Gasteiger partial charge in [0.25, 0.3) is 5.91 Å². The van der Waals surface area contributed by atoms with Crippen LogP contribution in [-0.4, -0.2) is 53.9 Å². The molecule has 0 saturated carbocycles. The third kappa shape index (κ3) is 4.62. The molecule has 2 aromatic rings. The van der Waals surface area contributed by atoms with Crippen molar-refractivity contribution in [2.45, 2.75) is 6.54 Å². The van der Waals surface area contributed by atoms with Gasteiger partial charge in [-0.25, -0.2) is 0 Å². The van der Waals surface area contributed by atoms with Gasteiger partial charge in [0.1, 0.15) is 0 Å². The number of piperazine rings is 1. The van der Waals surface area contributed by atoms with E-state index in [-0.39, 0.29) is 10.9 Å². The number of carbonyl (C=O) groups excluding carboxylic acids is 1. The van der Waals surface area contributed by atoms with Crippen LogP contribution in [0.25, 0.3) is 0 Å². The molecule has 1 saturated heterocycles. The molecule has 7 nitrogen and oxygen atoms in total. The van der Waals surface area contributed by atoms with E-state index in [0.29, 0.717) is 10.6 Å². The monoisotopic (exact) mass is 360 g/mol. The molecule has 1 aromatic carbocycles. The van der Waals surface area contributed by atoms with Crippen molar-refractivity contribution >= 4 is 27.9 Å². The predicted molar refractivity (Wildman–Crippen MR) is 98.1 cm³/mol. The van der Waals surface area contributed by atoms with Gasteiger partial charge in [-0.1, -0.05) is 23.5 Å². The lowest BCUT2D eigenvalue weighted by molar-refractivity contribution is -0.380. The molecular formula is C17H20N4O3S. The number of hydrogen-bond donors (Lipinski definition) is 1. The molecule has 1 aromatic heterocycles. The van der Waals surface area contributed by atoms with Gasteiger partial charge in [0, 0.05) is 44.5 Å². The van der Waals surface area contributed by atoms with Gasteiger partial charge >= 0.3 is 5.00 Å². The summed E-state index contributed by atoms with van der Waals surface area (Å²) in [5.41, 5.74) is 1.89. The topological polar surface area (TPSA) is 78.7 Å². The number of benzene rings is 1. The number of nitrogens with one attached hydrogen (secondary N) is 1. The minimum absolute atomic E-state index is 0.0346. The minimum atomic E-state index is -0.491. The highest BCUT2D eigenvalue weighted by molar-refractivity contribution is 7.17. The zero-order valence-electron chi connectivity index (χ0n) is 14.0. The summed E-state index contributed by atoms with van der Waals surface area (Å²) < 4.78 is 0.